The minimum Gasteiger partial charge on any atom is -0.311 e. The second kappa shape index (κ2) is 13.6. The van der Waals surface area contributed by atoms with Gasteiger partial charge in [-0.1, -0.05) is 87.5 Å². The number of hydrogen-bond acceptors (Lipinski definition) is 2. The van der Waals surface area contributed by atoms with Crippen molar-refractivity contribution < 1.29 is 0 Å². The number of allylic oxidation sites excluding steroid dienone is 3. The molecule has 0 bridgehead atoms. The summed E-state index contributed by atoms with van der Waals surface area (Å²) in [7, 11) is 0. The molecule has 0 amide bonds. The van der Waals surface area contributed by atoms with Gasteiger partial charge in [0.05, 0.1) is 0 Å². The van der Waals surface area contributed by atoms with Gasteiger partial charge < -0.3 is 9.80 Å². The van der Waals surface area contributed by atoms with Crippen LogP contribution in [0.25, 0.3) is 0 Å². The highest BCUT2D eigenvalue weighted by atomic mass is 15.2. The average molecular weight is 461 g/mol. The molecule has 0 aliphatic rings. The predicted molar refractivity (Wildman–Crippen MR) is 154 cm³/mol. The van der Waals surface area contributed by atoms with Gasteiger partial charge >= 0.3 is 0 Å². The van der Waals surface area contributed by atoms with Gasteiger partial charge in [-0.25, -0.2) is 0 Å². The molecule has 4 aromatic carbocycles. The summed E-state index contributed by atoms with van der Waals surface area (Å²) in [6.07, 6.45) is 7.50. The Morgan fingerprint density at radius 3 is 1.37 bits per heavy atom. The van der Waals surface area contributed by atoms with E-state index in [1.54, 1.807) is 0 Å². The van der Waals surface area contributed by atoms with E-state index in [4.69, 9.17) is 0 Å². The van der Waals surface area contributed by atoms with E-state index in [1.807, 2.05) is 13.8 Å². The summed E-state index contributed by atoms with van der Waals surface area (Å²) in [4.78, 5) is 4.59. The van der Waals surface area contributed by atoms with Crippen molar-refractivity contribution in [2.24, 2.45) is 0 Å². The molecule has 0 saturated heterocycles. The fourth-order valence-electron chi connectivity index (χ4n) is 3.99. The van der Waals surface area contributed by atoms with Crippen molar-refractivity contribution in [3.05, 3.63) is 139 Å². The normalized spacial score (nSPS) is 11.0. The monoisotopic (exact) mass is 460 g/mol. The highest BCUT2D eigenvalue weighted by molar-refractivity contribution is 5.79. The molecule has 2 heteroatoms. The lowest BCUT2D eigenvalue weighted by Gasteiger charge is -2.29. The lowest BCUT2D eigenvalue weighted by Crippen LogP contribution is -2.15. The number of hydrogen-bond donors (Lipinski definition) is 0. The van der Waals surface area contributed by atoms with E-state index < -0.39 is 0 Å². The Morgan fingerprint density at radius 1 is 0.571 bits per heavy atom. The SMILES string of the molecule is C/C=C\C(=C/CC)N(c1ccccc1)c1ccc(N(c2ccccc2)c2ccccc2)cc1.CC. The van der Waals surface area contributed by atoms with Crippen molar-refractivity contribution in [3.8, 4) is 0 Å². The largest absolute Gasteiger partial charge is 0.311 e. The van der Waals surface area contributed by atoms with Gasteiger partial charge in [0, 0.05) is 34.1 Å². The molecule has 0 saturated carbocycles. The summed E-state index contributed by atoms with van der Waals surface area (Å²) in [5.41, 5.74) is 6.83. The fourth-order valence-corrected chi connectivity index (χ4v) is 3.99. The molecule has 4 rings (SSSR count). The first-order valence-electron chi connectivity index (χ1n) is 12.5. The molecule has 0 unspecified atom stereocenters. The molecule has 0 aliphatic carbocycles. The maximum atomic E-state index is 2.31. The number of nitrogens with zero attached hydrogens (tertiary/aromatic N) is 2. The third-order valence-corrected chi connectivity index (χ3v) is 5.42. The van der Waals surface area contributed by atoms with E-state index >= 15 is 0 Å². The quantitative estimate of drug-likeness (QED) is 0.241. The lowest BCUT2D eigenvalue weighted by molar-refractivity contribution is 1.13. The van der Waals surface area contributed by atoms with Crippen molar-refractivity contribution in [2.75, 3.05) is 9.80 Å². The van der Waals surface area contributed by atoms with Gasteiger partial charge in [-0.05, 0) is 80.1 Å². The minimum atomic E-state index is 0.969. The topological polar surface area (TPSA) is 6.48 Å². The summed E-state index contributed by atoms with van der Waals surface area (Å²) >= 11 is 0. The van der Waals surface area contributed by atoms with Crippen LogP contribution >= 0.6 is 0 Å². The first-order chi connectivity index (χ1) is 17.3. The second-order valence-electron chi connectivity index (χ2n) is 7.73. The van der Waals surface area contributed by atoms with Crippen molar-refractivity contribution in [1.82, 2.24) is 0 Å². The maximum absolute atomic E-state index is 2.31. The van der Waals surface area contributed by atoms with Gasteiger partial charge in [0.25, 0.3) is 0 Å². The highest BCUT2D eigenvalue weighted by Crippen LogP contribution is 2.37. The molecule has 2 nitrogen and oxygen atoms in total. The number of rotatable bonds is 8. The van der Waals surface area contributed by atoms with Crippen LogP contribution in [0.2, 0.25) is 0 Å². The van der Waals surface area contributed by atoms with Crippen LogP contribution in [0, 0.1) is 0 Å². The van der Waals surface area contributed by atoms with Gasteiger partial charge in [-0.2, -0.15) is 0 Å². The van der Waals surface area contributed by atoms with Crippen molar-refractivity contribution >= 4 is 28.4 Å². The molecule has 0 fully saturated rings. The summed E-state index contributed by atoms with van der Waals surface area (Å²) < 4.78 is 0. The highest BCUT2D eigenvalue weighted by Gasteiger charge is 2.15. The molecule has 0 N–H and O–H groups in total. The van der Waals surface area contributed by atoms with E-state index in [1.165, 1.54) is 5.70 Å². The smallest absolute Gasteiger partial charge is 0.0463 e. The molecule has 0 spiro atoms. The van der Waals surface area contributed by atoms with Crippen molar-refractivity contribution in [3.63, 3.8) is 0 Å². The van der Waals surface area contributed by atoms with Gasteiger partial charge in [0.15, 0.2) is 0 Å². The Labute approximate surface area is 211 Å². The summed E-state index contributed by atoms with van der Waals surface area (Å²) in [5.74, 6) is 0. The van der Waals surface area contributed by atoms with Crippen LogP contribution in [0.4, 0.5) is 28.4 Å². The van der Waals surface area contributed by atoms with Crippen LogP contribution in [0.15, 0.2) is 139 Å². The van der Waals surface area contributed by atoms with E-state index in [0.29, 0.717) is 0 Å². The first kappa shape index (κ1) is 25.6. The van der Waals surface area contributed by atoms with E-state index in [2.05, 4.69) is 157 Å². The number of para-hydroxylation sites is 3. The summed E-state index contributed by atoms with van der Waals surface area (Å²) in [6, 6.07) is 40.3. The van der Waals surface area contributed by atoms with Crippen LogP contribution in [-0.4, -0.2) is 0 Å². The molecule has 0 aromatic heterocycles. The zero-order valence-electron chi connectivity index (χ0n) is 21.3. The van der Waals surface area contributed by atoms with Gasteiger partial charge in [-0.3, -0.25) is 0 Å². The van der Waals surface area contributed by atoms with Gasteiger partial charge in [0.1, 0.15) is 0 Å². The molecule has 178 valence electrons. The summed E-state index contributed by atoms with van der Waals surface area (Å²) in [5, 5.41) is 0. The number of anilines is 5. The van der Waals surface area contributed by atoms with Crippen LogP contribution in [-0.2, 0) is 0 Å². The van der Waals surface area contributed by atoms with Crippen LogP contribution in [0.3, 0.4) is 0 Å². The zero-order chi connectivity index (χ0) is 24.9. The van der Waals surface area contributed by atoms with Crippen LogP contribution in [0.5, 0.6) is 0 Å². The molecule has 35 heavy (non-hydrogen) atoms. The van der Waals surface area contributed by atoms with Gasteiger partial charge in [-0.15, -0.1) is 0 Å². The van der Waals surface area contributed by atoms with Crippen molar-refractivity contribution in [2.45, 2.75) is 34.1 Å². The third kappa shape index (κ3) is 6.51. The van der Waals surface area contributed by atoms with E-state index in [0.717, 1.165) is 34.9 Å². The molecule has 0 heterocycles. The Bertz CT molecular complexity index is 1140. The predicted octanol–water partition coefficient (Wildman–Crippen LogP) is 10.2. The molecular formula is C33H36N2. The lowest BCUT2D eigenvalue weighted by atomic mass is 10.1. The van der Waals surface area contributed by atoms with Crippen LogP contribution in [0.1, 0.15) is 34.1 Å². The van der Waals surface area contributed by atoms with E-state index in [-0.39, 0.29) is 0 Å². The van der Waals surface area contributed by atoms with Crippen LogP contribution < -0.4 is 9.80 Å². The van der Waals surface area contributed by atoms with E-state index in [9.17, 15) is 0 Å². The Hall–Kier alpha value is -4.04. The molecule has 0 radical (unpaired) electrons. The average Bonchev–Trinajstić information content (AvgIpc) is 2.93. The molecular weight excluding hydrogens is 424 g/mol. The third-order valence-electron chi connectivity index (χ3n) is 5.42. The Morgan fingerprint density at radius 2 is 0.943 bits per heavy atom. The van der Waals surface area contributed by atoms with Crippen molar-refractivity contribution in [1.29, 1.82) is 0 Å². The molecule has 0 aliphatic heterocycles. The summed E-state index contributed by atoms with van der Waals surface area (Å²) in [6.45, 7) is 8.24. The maximum Gasteiger partial charge on any atom is 0.0463 e. The Balaban J connectivity index is 0.00000167. The first-order valence-corrected chi connectivity index (χ1v) is 12.5. The zero-order valence-corrected chi connectivity index (χ0v) is 21.3. The molecule has 4 aromatic rings. The minimum absolute atomic E-state index is 0.969. The second-order valence-corrected chi connectivity index (χ2v) is 7.73. The standard InChI is InChI=1S/C31H30N2.C2H6/c1-3-14-26(15-4-2)32(27-16-8-5-9-17-27)30-22-24-31(25-23-30)33(28-18-10-6-11-19-28)29-20-12-7-13-21-29;1-2/h3,5-25H,4H2,1-2H3;1-2H3/b14-3-,26-15+;. The Kier molecular flexibility index (Phi) is 9.95. The number of benzene rings is 4. The fraction of sp³-hybridized carbons (Fsp3) is 0.152. The van der Waals surface area contributed by atoms with Gasteiger partial charge in [0.2, 0.25) is 0 Å². The molecule has 0 atom stereocenters.